The van der Waals surface area contributed by atoms with Crippen LogP contribution in [0.25, 0.3) is 5.57 Å². The van der Waals surface area contributed by atoms with E-state index in [9.17, 15) is 22.8 Å². The third kappa shape index (κ3) is 5.09. The number of hydrogen-bond donors (Lipinski definition) is 1. The van der Waals surface area contributed by atoms with E-state index in [2.05, 4.69) is 4.98 Å². The Bertz CT molecular complexity index is 906. The summed E-state index contributed by atoms with van der Waals surface area (Å²) in [5.41, 5.74) is -1.54. The van der Waals surface area contributed by atoms with E-state index < -0.39 is 29.4 Å². The third-order valence-corrected chi connectivity index (χ3v) is 3.35. The van der Waals surface area contributed by atoms with Crippen LogP contribution in [-0.4, -0.2) is 30.2 Å². The van der Waals surface area contributed by atoms with Crippen molar-refractivity contribution >= 4 is 11.5 Å². The van der Waals surface area contributed by atoms with Crippen LogP contribution < -0.4 is 10.4 Å². The fourth-order valence-corrected chi connectivity index (χ4v) is 2.17. The van der Waals surface area contributed by atoms with Crippen molar-refractivity contribution in [1.82, 2.24) is 9.97 Å². The van der Waals surface area contributed by atoms with Crippen LogP contribution in [0, 0.1) is 0 Å². The SMILES string of the molecule is CO/C=C(\C(=O)OC)c1ccccc1COc1cc(C(F)(F)F)[nH]c(=O)n1. The van der Waals surface area contributed by atoms with Crippen LogP contribution in [-0.2, 0) is 27.1 Å². The van der Waals surface area contributed by atoms with Crippen molar-refractivity contribution in [2.24, 2.45) is 0 Å². The van der Waals surface area contributed by atoms with Crippen molar-refractivity contribution in [3.8, 4) is 5.88 Å². The Morgan fingerprint density at radius 3 is 2.59 bits per heavy atom. The van der Waals surface area contributed by atoms with Gasteiger partial charge in [0, 0.05) is 6.07 Å². The molecule has 0 aliphatic rings. The van der Waals surface area contributed by atoms with E-state index in [1.165, 1.54) is 20.5 Å². The molecule has 0 amide bonds. The average molecular weight is 384 g/mol. The number of aromatic amines is 1. The largest absolute Gasteiger partial charge is 0.503 e. The predicted octanol–water partition coefficient (Wildman–Crippen LogP) is 2.53. The number of methoxy groups -OCH3 is 2. The molecular weight excluding hydrogens is 369 g/mol. The summed E-state index contributed by atoms with van der Waals surface area (Å²) in [6.45, 7) is -0.248. The maximum atomic E-state index is 12.8. The topological polar surface area (TPSA) is 90.5 Å². The summed E-state index contributed by atoms with van der Waals surface area (Å²) in [7, 11) is 2.55. The van der Waals surface area contributed by atoms with Crippen LogP contribution in [0.5, 0.6) is 5.88 Å². The standard InChI is InChI=1S/C17H15F3N2O5/c1-25-9-12(15(23)26-2)11-6-4-3-5-10(11)8-27-14-7-13(17(18,19)20)21-16(24)22-14/h3-7,9H,8H2,1-2H3,(H,21,22,24)/b12-9-. The lowest BCUT2D eigenvalue weighted by atomic mass is 10.0. The van der Waals surface area contributed by atoms with Crippen LogP contribution >= 0.6 is 0 Å². The fraction of sp³-hybridized carbons (Fsp3) is 0.235. The highest BCUT2D eigenvalue weighted by molar-refractivity contribution is 6.16. The molecule has 1 aromatic carbocycles. The van der Waals surface area contributed by atoms with Crippen LogP contribution in [0.1, 0.15) is 16.8 Å². The molecule has 7 nitrogen and oxygen atoms in total. The lowest BCUT2D eigenvalue weighted by molar-refractivity contribution is -0.141. The summed E-state index contributed by atoms with van der Waals surface area (Å²) in [5, 5.41) is 0. The van der Waals surface area contributed by atoms with Gasteiger partial charge in [-0.3, -0.25) is 0 Å². The van der Waals surface area contributed by atoms with Crippen LogP contribution in [0.2, 0.25) is 0 Å². The highest BCUT2D eigenvalue weighted by Crippen LogP contribution is 2.28. The van der Waals surface area contributed by atoms with Crippen molar-refractivity contribution in [3.63, 3.8) is 0 Å². The number of nitrogens with one attached hydrogen (secondary N) is 1. The average Bonchev–Trinajstić information content (AvgIpc) is 2.63. The summed E-state index contributed by atoms with van der Waals surface area (Å²) >= 11 is 0. The molecule has 144 valence electrons. The van der Waals surface area contributed by atoms with Crippen molar-refractivity contribution in [1.29, 1.82) is 0 Å². The first-order valence-electron chi connectivity index (χ1n) is 7.47. The van der Waals surface area contributed by atoms with E-state index in [0.29, 0.717) is 17.2 Å². The van der Waals surface area contributed by atoms with Gasteiger partial charge in [-0.05, 0) is 11.1 Å². The molecule has 1 heterocycles. The summed E-state index contributed by atoms with van der Waals surface area (Å²) in [6.07, 6.45) is -3.57. The second-order valence-corrected chi connectivity index (χ2v) is 5.14. The minimum Gasteiger partial charge on any atom is -0.503 e. The first kappa shape index (κ1) is 20.0. The Labute approximate surface area is 151 Å². The van der Waals surface area contributed by atoms with E-state index in [4.69, 9.17) is 14.2 Å². The number of benzene rings is 1. The molecule has 2 aromatic rings. The Morgan fingerprint density at radius 2 is 1.96 bits per heavy atom. The highest BCUT2D eigenvalue weighted by atomic mass is 19.4. The van der Waals surface area contributed by atoms with Gasteiger partial charge in [0.2, 0.25) is 5.88 Å². The van der Waals surface area contributed by atoms with Crippen molar-refractivity contribution in [3.05, 3.63) is 63.9 Å². The second-order valence-electron chi connectivity index (χ2n) is 5.14. The summed E-state index contributed by atoms with van der Waals surface area (Å²) in [4.78, 5) is 28.2. The number of carbonyl (C=O) groups is 1. The summed E-state index contributed by atoms with van der Waals surface area (Å²) < 4.78 is 53.1. The molecule has 27 heavy (non-hydrogen) atoms. The Balaban J connectivity index is 2.33. The highest BCUT2D eigenvalue weighted by Gasteiger charge is 2.32. The molecule has 0 spiro atoms. The molecule has 0 aliphatic heterocycles. The minimum absolute atomic E-state index is 0.0917. The van der Waals surface area contributed by atoms with Gasteiger partial charge in [0.05, 0.1) is 20.5 Å². The van der Waals surface area contributed by atoms with Gasteiger partial charge >= 0.3 is 17.8 Å². The van der Waals surface area contributed by atoms with Crippen LogP contribution in [0.4, 0.5) is 13.2 Å². The lowest BCUT2D eigenvalue weighted by Gasteiger charge is -2.13. The van der Waals surface area contributed by atoms with Gasteiger partial charge in [0.25, 0.3) is 0 Å². The number of aromatic nitrogens is 2. The first-order chi connectivity index (χ1) is 12.8. The van der Waals surface area contributed by atoms with Gasteiger partial charge in [0.1, 0.15) is 17.9 Å². The Morgan fingerprint density at radius 1 is 1.26 bits per heavy atom. The van der Waals surface area contributed by atoms with Crippen molar-refractivity contribution in [2.75, 3.05) is 14.2 Å². The van der Waals surface area contributed by atoms with Gasteiger partial charge in [-0.1, -0.05) is 24.3 Å². The van der Waals surface area contributed by atoms with E-state index >= 15 is 0 Å². The molecule has 0 saturated carbocycles. The number of esters is 1. The summed E-state index contributed by atoms with van der Waals surface area (Å²) in [5.74, 6) is -1.17. The van der Waals surface area contributed by atoms with E-state index in [-0.39, 0.29) is 12.2 Å². The minimum atomic E-state index is -4.75. The van der Waals surface area contributed by atoms with Gasteiger partial charge < -0.3 is 19.2 Å². The van der Waals surface area contributed by atoms with Gasteiger partial charge in [-0.2, -0.15) is 18.2 Å². The van der Waals surface area contributed by atoms with Crippen LogP contribution in [0.15, 0.2) is 41.4 Å². The van der Waals surface area contributed by atoms with Gasteiger partial charge in [-0.25, -0.2) is 9.59 Å². The number of carbonyl (C=O) groups excluding carboxylic acids is 1. The monoisotopic (exact) mass is 384 g/mol. The number of halogens is 3. The first-order valence-corrected chi connectivity index (χ1v) is 7.47. The predicted molar refractivity (Wildman–Crippen MR) is 87.6 cm³/mol. The van der Waals surface area contributed by atoms with E-state index in [1.54, 1.807) is 29.2 Å². The molecule has 1 N–H and O–H groups in total. The number of rotatable bonds is 6. The maximum Gasteiger partial charge on any atom is 0.431 e. The van der Waals surface area contributed by atoms with Crippen LogP contribution in [0.3, 0.4) is 0 Å². The second kappa shape index (κ2) is 8.39. The quantitative estimate of drug-likeness (QED) is 0.468. The van der Waals surface area contributed by atoms with Crippen molar-refractivity contribution < 1.29 is 32.2 Å². The molecular formula is C17H15F3N2O5. The van der Waals surface area contributed by atoms with Crippen molar-refractivity contribution in [2.45, 2.75) is 12.8 Å². The molecule has 0 radical (unpaired) electrons. The number of H-pyrrole nitrogens is 1. The number of ether oxygens (including phenoxy) is 3. The fourth-order valence-electron chi connectivity index (χ4n) is 2.17. The van der Waals surface area contributed by atoms with E-state index in [0.717, 1.165) is 0 Å². The number of hydrogen-bond acceptors (Lipinski definition) is 6. The molecule has 1 aromatic heterocycles. The molecule has 0 atom stereocenters. The zero-order valence-electron chi connectivity index (χ0n) is 14.3. The molecule has 0 unspecified atom stereocenters. The van der Waals surface area contributed by atoms with E-state index in [1.807, 2.05) is 0 Å². The zero-order chi connectivity index (χ0) is 20.0. The number of alkyl halides is 3. The molecule has 2 rings (SSSR count). The maximum absolute atomic E-state index is 12.8. The third-order valence-electron chi connectivity index (χ3n) is 3.35. The van der Waals surface area contributed by atoms with Gasteiger partial charge in [-0.15, -0.1) is 0 Å². The Kier molecular flexibility index (Phi) is 6.22. The number of nitrogens with zero attached hydrogens (tertiary/aromatic N) is 1. The molecule has 10 heteroatoms. The Hall–Kier alpha value is -3.30. The molecule has 0 aliphatic carbocycles. The van der Waals surface area contributed by atoms with Gasteiger partial charge in [0.15, 0.2) is 0 Å². The molecule has 0 fully saturated rings. The smallest absolute Gasteiger partial charge is 0.431 e. The molecule has 0 saturated heterocycles. The summed E-state index contributed by atoms with van der Waals surface area (Å²) in [6, 6.07) is 7.07. The zero-order valence-corrected chi connectivity index (χ0v) is 14.3. The molecule has 0 bridgehead atoms. The normalized spacial score (nSPS) is 11.8. The lowest BCUT2D eigenvalue weighted by Crippen LogP contribution is -2.19.